The van der Waals surface area contributed by atoms with Gasteiger partial charge in [-0.2, -0.15) is 0 Å². The summed E-state index contributed by atoms with van der Waals surface area (Å²) in [5.74, 6) is -0.320. The first kappa shape index (κ1) is 25.3. The molecule has 0 aliphatic heterocycles. The average molecular weight is 469 g/mol. The lowest BCUT2D eigenvalue weighted by atomic mass is 9.65. The molecule has 1 saturated carbocycles. The van der Waals surface area contributed by atoms with E-state index in [4.69, 9.17) is 4.74 Å². The molecule has 1 fully saturated rings. The molecule has 0 bridgehead atoms. The highest BCUT2D eigenvalue weighted by molar-refractivity contribution is 5.91. The molecule has 1 aliphatic rings. The molecule has 1 amide bonds. The van der Waals surface area contributed by atoms with Gasteiger partial charge in [-0.3, -0.25) is 9.59 Å². The van der Waals surface area contributed by atoms with Gasteiger partial charge in [0.15, 0.2) is 0 Å². The molecule has 0 saturated heterocycles. The summed E-state index contributed by atoms with van der Waals surface area (Å²) in [4.78, 5) is 32.9. The summed E-state index contributed by atoms with van der Waals surface area (Å²) in [7, 11) is 1.44. The number of methoxy groups -OCH3 is 1. The van der Waals surface area contributed by atoms with Crippen LogP contribution in [0.25, 0.3) is 5.70 Å². The highest BCUT2D eigenvalue weighted by Gasteiger charge is 2.42. The molecule has 0 radical (unpaired) electrons. The van der Waals surface area contributed by atoms with Gasteiger partial charge >= 0.3 is 5.97 Å². The molecular formula is C26H33FN4O3. The predicted molar refractivity (Wildman–Crippen MR) is 129 cm³/mol. The summed E-state index contributed by atoms with van der Waals surface area (Å²) in [5.41, 5.74) is 2.04. The Kier molecular flexibility index (Phi) is 7.69. The van der Waals surface area contributed by atoms with Crippen LogP contribution in [0.4, 0.5) is 10.2 Å². The van der Waals surface area contributed by atoms with Crippen LogP contribution >= 0.6 is 0 Å². The largest absolute Gasteiger partial charge is 0.469 e. The number of rotatable bonds is 8. The zero-order valence-corrected chi connectivity index (χ0v) is 20.3. The van der Waals surface area contributed by atoms with Gasteiger partial charge in [-0.05, 0) is 62.1 Å². The number of esters is 1. The van der Waals surface area contributed by atoms with Gasteiger partial charge in [0.25, 0.3) is 0 Å². The Labute approximate surface area is 200 Å². The van der Waals surface area contributed by atoms with Crippen LogP contribution in [0.3, 0.4) is 0 Å². The molecule has 0 spiro atoms. The third kappa shape index (κ3) is 6.18. The second kappa shape index (κ2) is 10.3. The van der Waals surface area contributed by atoms with E-state index in [2.05, 4.69) is 34.1 Å². The topological polar surface area (TPSA) is 93.2 Å². The first-order valence-electron chi connectivity index (χ1n) is 11.4. The Morgan fingerprint density at radius 1 is 1.15 bits per heavy atom. The van der Waals surface area contributed by atoms with Crippen LogP contribution in [-0.2, 0) is 20.7 Å². The molecule has 1 heterocycles. The third-order valence-electron chi connectivity index (χ3n) is 6.80. The number of carbonyl (C=O) groups excluding carboxylic acids is 2. The first-order chi connectivity index (χ1) is 16.0. The van der Waals surface area contributed by atoms with E-state index in [1.54, 1.807) is 25.1 Å². The number of ether oxygens (including phenoxy) is 1. The molecule has 2 N–H and O–H groups in total. The molecular weight excluding hydrogens is 435 g/mol. The van der Waals surface area contributed by atoms with Crippen LogP contribution in [0, 0.1) is 23.6 Å². The van der Waals surface area contributed by atoms with E-state index in [0.29, 0.717) is 29.3 Å². The summed E-state index contributed by atoms with van der Waals surface area (Å²) < 4.78 is 18.4. The van der Waals surface area contributed by atoms with Crippen LogP contribution < -0.4 is 10.6 Å². The fraction of sp³-hybridized carbons (Fsp3) is 0.462. The van der Waals surface area contributed by atoms with Gasteiger partial charge in [-0.1, -0.05) is 25.6 Å². The molecule has 3 rings (SSSR count). The van der Waals surface area contributed by atoms with E-state index in [0.717, 1.165) is 31.2 Å². The zero-order valence-electron chi connectivity index (χ0n) is 20.3. The summed E-state index contributed by atoms with van der Waals surface area (Å²) >= 11 is 0. The molecule has 1 aromatic heterocycles. The average Bonchev–Trinajstić information content (AvgIpc) is 2.81. The number of anilines is 1. The third-order valence-corrected chi connectivity index (χ3v) is 6.80. The predicted octanol–water partition coefficient (Wildman–Crippen LogP) is 4.43. The minimum Gasteiger partial charge on any atom is -0.469 e. The summed E-state index contributed by atoms with van der Waals surface area (Å²) in [6.07, 6.45) is 4.84. The number of halogens is 1. The summed E-state index contributed by atoms with van der Waals surface area (Å²) in [6, 6.07) is 6.28. The maximum absolute atomic E-state index is 13.4. The smallest absolute Gasteiger partial charge is 0.311 e. The summed E-state index contributed by atoms with van der Waals surface area (Å²) in [5, 5.41) is 6.12. The molecule has 34 heavy (non-hydrogen) atoms. The van der Waals surface area contributed by atoms with Crippen LogP contribution in [0.15, 0.2) is 37.2 Å². The van der Waals surface area contributed by atoms with Crippen molar-refractivity contribution >= 4 is 23.4 Å². The molecule has 1 aliphatic carbocycles. The number of nitrogens with one attached hydrogen (secondary N) is 2. The second-order valence-corrected chi connectivity index (χ2v) is 9.79. The van der Waals surface area contributed by atoms with Crippen molar-refractivity contribution in [3.8, 4) is 0 Å². The van der Waals surface area contributed by atoms with Crippen molar-refractivity contribution in [1.82, 2.24) is 15.3 Å². The van der Waals surface area contributed by atoms with Crippen LogP contribution in [0.5, 0.6) is 0 Å². The monoisotopic (exact) mass is 468 g/mol. The van der Waals surface area contributed by atoms with Gasteiger partial charge in [-0.15, -0.1) is 0 Å². The van der Waals surface area contributed by atoms with Crippen molar-refractivity contribution in [2.24, 2.45) is 10.8 Å². The Bertz CT molecular complexity index is 1080. The molecule has 0 atom stereocenters. The lowest BCUT2D eigenvalue weighted by Crippen LogP contribution is -2.41. The Hall–Kier alpha value is -3.29. The van der Waals surface area contributed by atoms with E-state index < -0.39 is 5.41 Å². The van der Waals surface area contributed by atoms with Gasteiger partial charge in [-0.25, -0.2) is 14.4 Å². The van der Waals surface area contributed by atoms with Crippen molar-refractivity contribution in [2.75, 3.05) is 19.0 Å². The number of hydrogen-bond acceptors (Lipinski definition) is 6. The van der Waals surface area contributed by atoms with Crippen LogP contribution in [0.2, 0.25) is 0 Å². The standard InChI is InChI=1S/C26H33FN4O3/c1-17-12-19(6-7-20(17)27)13-23(32)31-22-14-21(29-16-30-22)18(2)28-15-25(3)8-10-26(4,11-9-25)24(33)34-5/h6-7,12,14,16,28H,2,8-11,13,15H2,1,3-5H3,(H,29,30,31,32). The number of aromatic nitrogens is 2. The van der Waals surface area contributed by atoms with Gasteiger partial charge < -0.3 is 15.4 Å². The number of amides is 1. The van der Waals surface area contributed by atoms with Gasteiger partial charge in [0.05, 0.1) is 30.3 Å². The highest BCUT2D eigenvalue weighted by atomic mass is 19.1. The van der Waals surface area contributed by atoms with Crippen molar-refractivity contribution in [2.45, 2.75) is 52.9 Å². The minimum atomic E-state index is -0.419. The fourth-order valence-corrected chi connectivity index (χ4v) is 4.22. The maximum Gasteiger partial charge on any atom is 0.311 e. The van der Waals surface area contributed by atoms with Crippen molar-refractivity contribution in [3.63, 3.8) is 0 Å². The number of aryl methyl sites for hydroxylation is 1. The van der Waals surface area contributed by atoms with Crippen molar-refractivity contribution in [1.29, 1.82) is 0 Å². The van der Waals surface area contributed by atoms with Crippen molar-refractivity contribution < 1.29 is 18.7 Å². The fourth-order valence-electron chi connectivity index (χ4n) is 4.22. The number of hydrogen-bond donors (Lipinski definition) is 2. The van der Waals surface area contributed by atoms with Gasteiger partial charge in [0, 0.05) is 12.6 Å². The maximum atomic E-state index is 13.4. The normalized spacial score (nSPS) is 22.0. The van der Waals surface area contributed by atoms with E-state index in [9.17, 15) is 14.0 Å². The lowest BCUT2D eigenvalue weighted by Gasteiger charge is -2.41. The Morgan fingerprint density at radius 3 is 2.50 bits per heavy atom. The minimum absolute atomic E-state index is 0.0217. The molecule has 2 aromatic rings. The summed E-state index contributed by atoms with van der Waals surface area (Å²) in [6.45, 7) is 10.6. The quantitative estimate of drug-likeness (QED) is 0.557. The molecule has 1 aromatic carbocycles. The number of benzene rings is 1. The zero-order chi connectivity index (χ0) is 24.9. The van der Waals surface area contributed by atoms with Crippen LogP contribution in [0.1, 0.15) is 56.4 Å². The van der Waals surface area contributed by atoms with Gasteiger partial charge in [0.1, 0.15) is 18.0 Å². The SMILES string of the molecule is C=C(NCC1(C)CCC(C)(C(=O)OC)CC1)c1cc(NC(=O)Cc2ccc(F)c(C)c2)ncn1. The Morgan fingerprint density at radius 2 is 1.85 bits per heavy atom. The van der Waals surface area contributed by atoms with Gasteiger partial charge in [0.2, 0.25) is 5.91 Å². The van der Waals surface area contributed by atoms with E-state index in [-0.39, 0.29) is 29.5 Å². The number of carbonyl (C=O) groups is 2. The molecule has 0 unspecified atom stereocenters. The molecule has 182 valence electrons. The number of nitrogens with zero attached hydrogens (tertiary/aromatic N) is 2. The van der Waals surface area contributed by atoms with E-state index in [1.807, 2.05) is 6.92 Å². The Balaban J connectivity index is 1.55. The van der Waals surface area contributed by atoms with Crippen LogP contribution in [-0.4, -0.2) is 35.5 Å². The molecule has 7 nitrogen and oxygen atoms in total. The second-order valence-electron chi connectivity index (χ2n) is 9.79. The first-order valence-corrected chi connectivity index (χ1v) is 11.4. The van der Waals surface area contributed by atoms with E-state index >= 15 is 0 Å². The van der Waals surface area contributed by atoms with Crippen molar-refractivity contribution in [3.05, 3.63) is 59.8 Å². The molecule has 8 heteroatoms. The van der Waals surface area contributed by atoms with E-state index in [1.165, 1.54) is 19.5 Å². The lowest BCUT2D eigenvalue weighted by molar-refractivity contribution is -0.155. The highest BCUT2D eigenvalue weighted by Crippen LogP contribution is 2.45.